The number of aliphatic hydroxyl groups excluding tert-OH is 1. The highest BCUT2D eigenvalue weighted by Gasteiger charge is 2.50. The Balaban J connectivity index is 1.16. The van der Waals surface area contributed by atoms with Crippen LogP contribution in [-0.2, 0) is 20.8 Å². The third-order valence-electron chi connectivity index (χ3n) is 6.24. The van der Waals surface area contributed by atoms with Crippen molar-refractivity contribution in [2.75, 3.05) is 13.7 Å². The molecule has 3 aliphatic rings. The number of carbonyl (C=O) groups is 2. The molecule has 2 heterocycles. The number of carbonyl (C=O) groups excluding carboxylic acids is 2. The van der Waals surface area contributed by atoms with E-state index in [0.29, 0.717) is 13.0 Å². The molecule has 31 heavy (non-hydrogen) atoms. The van der Waals surface area contributed by atoms with Crippen LogP contribution in [0.5, 0.6) is 5.75 Å². The Hall–Kier alpha value is -2.36. The lowest BCUT2D eigenvalue weighted by atomic mass is 9.93. The van der Waals surface area contributed by atoms with Gasteiger partial charge in [-0.15, -0.1) is 0 Å². The summed E-state index contributed by atoms with van der Waals surface area (Å²) in [7, 11) is 1.61. The minimum atomic E-state index is -0.832. The fourth-order valence-electron chi connectivity index (χ4n) is 4.21. The topological polar surface area (TPSA) is 118 Å². The molecule has 4 rings (SSSR count). The van der Waals surface area contributed by atoms with E-state index in [0.717, 1.165) is 30.6 Å². The van der Waals surface area contributed by atoms with Crippen LogP contribution in [0, 0.1) is 0 Å². The van der Waals surface area contributed by atoms with Gasteiger partial charge in [-0.05, 0) is 37.0 Å². The van der Waals surface area contributed by atoms with Gasteiger partial charge < -0.3 is 35.3 Å². The highest BCUT2D eigenvalue weighted by atomic mass is 16.6. The molecule has 0 unspecified atom stereocenters. The smallest absolute Gasteiger partial charge is 0.315 e. The van der Waals surface area contributed by atoms with Crippen molar-refractivity contribution >= 4 is 11.9 Å². The lowest BCUT2D eigenvalue weighted by Crippen LogP contribution is -2.48. The first-order valence-corrected chi connectivity index (χ1v) is 10.9. The van der Waals surface area contributed by atoms with E-state index >= 15 is 0 Å². The van der Waals surface area contributed by atoms with Gasteiger partial charge in [0.1, 0.15) is 24.1 Å². The molecule has 5 atom stereocenters. The molecule has 170 valence electrons. The third-order valence-corrected chi connectivity index (χ3v) is 6.24. The maximum atomic E-state index is 12.3. The number of rotatable bonds is 8. The standard InChI is InChI=1S/C22H31N3O6/c1-29-15-7-5-13(6-8-15)11-23-19(26)10-16-9-17-21(30-16)20(27)18(31-17)12-24-22(28)25-14-3-2-4-14/h5-8,14,16-18,20-21,27H,2-4,9-12H2,1H3,(H,23,26)(H2,24,25,28)/t16-,17+,18+,20+,21-/m0/s1. The predicted octanol–water partition coefficient (Wildman–Crippen LogP) is 0.839. The summed E-state index contributed by atoms with van der Waals surface area (Å²) in [5.74, 6) is 0.660. The summed E-state index contributed by atoms with van der Waals surface area (Å²) in [6, 6.07) is 7.53. The third kappa shape index (κ3) is 5.47. The highest BCUT2D eigenvalue weighted by molar-refractivity contribution is 5.76. The molecule has 9 heteroatoms. The van der Waals surface area contributed by atoms with Gasteiger partial charge in [-0.1, -0.05) is 12.1 Å². The average Bonchev–Trinajstić information content (AvgIpc) is 3.26. The van der Waals surface area contributed by atoms with Crippen LogP contribution in [0.2, 0.25) is 0 Å². The van der Waals surface area contributed by atoms with E-state index in [1.807, 2.05) is 24.3 Å². The van der Waals surface area contributed by atoms with Crippen molar-refractivity contribution in [3.05, 3.63) is 29.8 Å². The van der Waals surface area contributed by atoms with Crippen LogP contribution in [0.4, 0.5) is 4.79 Å². The van der Waals surface area contributed by atoms with Crippen molar-refractivity contribution < 1.29 is 28.9 Å². The fourth-order valence-corrected chi connectivity index (χ4v) is 4.21. The van der Waals surface area contributed by atoms with Crippen molar-refractivity contribution in [2.45, 2.75) is 75.2 Å². The van der Waals surface area contributed by atoms with E-state index < -0.39 is 18.3 Å². The maximum Gasteiger partial charge on any atom is 0.315 e. The normalized spacial score (nSPS) is 29.7. The first-order chi connectivity index (χ1) is 15.0. The zero-order chi connectivity index (χ0) is 21.8. The van der Waals surface area contributed by atoms with Crippen molar-refractivity contribution in [3.8, 4) is 5.75 Å². The summed E-state index contributed by atoms with van der Waals surface area (Å²) >= 11 is 0. The summed E-state index contributed by atoms with van der Waals surface area (Å²) in [4.78, 5) is 24.2. The largest absolute Gasteiger partial charge is 0.497 e. The molecule has 1 aromatic carbocycles. The molecule has 0 aromatic heterocycles. The fraction of sp³-hybridized carbons (Fsp3) is 0.636. The van der Waals surface area contributed by atoms with Crippen LogP contribution in [0.15, 0.2) is 24.3 Å². The van der Waals surface area contributed by atoms with Gasteiger partial charge in [-0.2, -0.15) is 0 Å². The number of hydrogen-bond donors (Lipinski definition) is 4. The van der Waals surface area contributed by atoms with Crippen molar-refractivity contribution in [3.63, 3.8) is 0 Å². The second kappa shape index (κ2) is 9.84. The quantitative estimate of drug-likeness (QED) is 0.483. The number of benzene rings is 1. The van der Waals surface area contributed by atoms with E-state index in [9.17, 15) is 14.7 Å². The Kier molecular flexibility index (Phi) is 6.94. The van der Waals surface area contributed by atoms with Crippen LogP contribution < -0.4 is 20.7 Å². The molecule has 4 N–H and O–H groups in total. The van der Waals surface area contributed by atoms with E-state index in [-0.39, 0.29) is 43.2 Å². The zero-order valence-electron chi connectivity index (χ0n) is 17.7. The number of ether oxygens (including phenoxy) is 3. The number of hydrogen-bond acceptors (Lipinski definition) is 6. The molecule has 9 nitrogen and oxygen atoms in total. The summed E-state index contributed by atoms with van der Waals surface area (Å²) in [5.41, 5.74) is 0.980. The average molecular weight is 434 g/mol. The van der Waals surface area contributed by atoms with Crippen molar-refractivity contribution in [2.24, 2.45) is 0 Å². The molecule has 0 radical (unpaired) electrons. The van der Waals surface area contributed by atoms with Gasteiger partial charge in [-0.3, -0.25) is 4.79 Å². The van der Waals surface area contributed by atoms with E-state index in [1.54, 1.807) is 7.11 Å². The first kappa shape index (κ1) is 21.9. The number of fused-ring (bicyclic) bond motifs is 1. The Morgan fingerprint density at radius 2 is 1.94 bits per heavy atom. The van der Waals surface area contributed by atoms with Crippen LogP contribution in [0.25, 0.3) is 0 Å². The Morgan fingerprint density at radius 3 is 2.58 bits per heavy atom. The molecule has 1 aromatic rings. The molecular weight excluding hydrogens is 402 g/mol. The number of aliphatic hydroxyl groups is 1. The molecule has 1 saturated carbocycles. The van der Waals surface area contributed by atoms with Gasteiger partial charge in [0.15, 0.2) is 0 Å². The second-order valence-electron chi connectivity index (χ2n) is 8.47. The Labute approximate surface area is 181 Å². The van der Waals surface area contributed by atoms with Gasteiger partial charge >= 0.3 is 6.03 Å². The maximum absolute atomic E-state index is 12.3. The Morgan fingerprint density at radius 1 is 1.16 bits per heavy atom. The van der Waals surface area contributed by atoms with Gasteiger partial charge in [0.05, 0.1) is 25.7 Å². The molecule has 3 fully saturated rings. The van der Waals surface area contributed by atoms with Crippen LogP contribution in [0.1, 0.15) is 37.7 Å². The van der Waals surface area contributed by atoms with E-state index in [4.69, 9.17) is 14.2 Å². The number of nitrogens with one attached hydrogen (secondary N) is 3. The Bertz CT molecular complexity index is 769. The lowest BCUT2D eigenvalue weighted by molar-refractivity contribution is -0.124. The van der Waals surface area contributed by atoms with Crippen molar-refractivity contribution in [1.82, 2.24) is 16.0 Å². The van der Waals surface area contributed by atoms with Gasteiger partial charge in [-0.25, -0.2) is 4.79 Å². The van der Waals surface area contributed by atoms with Crippen LogP contribution in [-0.4, -0.2) is 67.3 Å². The first-order valence-electron chi connectivity index (χ1n) is 10.9. The molecule has 3 amide bonds. The van der Waals surface area contributed by atoms with Crippen LogP contribution in [0.3, 0.4) is 0 Å². The highest BCUT2D eigenvalue weighted by Crippen LogP contribution is 2.35. The monoisotopic (exact) mass is 433 g/mol. The van der Waals surface area contributed by atoms with Gasteiger partial charge in [0.25, 0.3) is 0 Å². The zero-order valence-corrected chi connectivity index (χ0v) is 17.7. The predicted molar refractivity (Wildman–Crippen MR) is 112 cm³/mol. The molecule has 2 aliphatic heterocycles. The SMILES string of the molecule is COc1ccc(CNC(=O)C[C@@H]2C[C@H]3O[C@H](CNC(=O)NC4CCC4)[C@@H](O)[C@H]3O2)cc1. The second-order valence-corrected chi connectivity index (χ2v) is 8.47. The molecular formula is C22H31N3O6. The van der Waals surface area contributed by atoms with Crippen molar-refractivity contribution in [1.29, 1.82) is 0 Å². The lowest BCUT2D eigenvalue weighted by Gasteiger charge is -2.27. The molecule has 1 aliphatic carbocycles. The van der Waals surface area contributed by atoms with Gasteiger partial charge in [0, 0.05) is 25.6 Å². The number of urea groups is 1. The molecule has 0 bridgehead atoms. The minimum absolute atomic E-state index is 0.110. The summed E-state index contributed by atoms with van der Waals surface area (Å²) < 4.78 is 16.9. The minimum Gasteiger partial charge on any atom is -0.497 e. The molecule has 0 spiro atoms. The van der Waals surface area contributed by atoms with E-state index in [1.165, 1.54) is 0 Å². The summed E-state index contributed by atoms with van der Waals surface area (Å²) in [5, 5.41) is 19.1. The summed E-state index contributed by atoms with van der Waals surface area (Å²) in [6.45, 7) is 0.654. The molecule has 2 saturated heterocycles. The number of amides is 3. The van der Waals surface area contributed by atoms with E-state index in [2.05, 4.69) is 16.0 Å². The number of methoxy groups -OCH3 is 1. The summed E-state index contributed by atoms with van der Waals surface area (Å²) in [6.07, 6.45) is 1.57. The van der Waals surface area contributed by atoms with Gasteiger partial charge in [0.2, 0.25) is 5.91 Å². The van der Waals surface area contributed by atoms with Crippen LogP contribution >= 0.6 is 0 Å².